The topological polar surface area (TPSA) is 32.3 Å². The van der Waals surface area contributed by atoms with Crippen molar-refractivity contribution in [3.8, 4) is 0 Å². The molecule has 1 atom stereocenters. The van der Waals surface area contributed by atoms with E-state index in [1.165, 1.54) is 0 Å². The fourth-order valence-corrected chi connectivity index (χ4v) is 2.47. The van der Waals surface area contributed by atoms with Crippen molar-refractivity contribution in [1.82, 2.24) is 10.2 Å². The zero-order chi connectivity index (χ0) is 12.3. The summed E-state index contributed by atoms with van der Waals surface area (Å²) in [7, 11) is 0. The predicted octanol–water partition coefficient (Wildman–Crippen LogP) is 2.27. The summed E-state index contributed by atoms with van der Waals surface area (Å²) in [6.07, 6.45) is 1.01. The summed E-state index contributed by atoms with van der Waals surface area (Å²) >= 11 is 3.43. The fourth-order valence-electron chi connectivity index (χ4n) is 2.02. The average molecular weight is 297 g/mol. The second-order valence-corrected chi connectivity index (χ2v) is 5.27. The third-order valence-electron chi connectivity index (χ3n) is 3.10. The smallest absolute Gasteiger partial charge is 0.255 e. The Morgan fingerprint density at radius 1 is 1.41 bits per heavy atom. The lowest BCUT2D eigenvalue weighted by Gasteiger charge is -2.20. The number of nitrogens with one attached hydrogen (secondary N) is 1. The molecule has 0 saturated carbocycles. The molecule has 0 spiro atoms. The van der Waals surface area contributed by atoms with Gasteiger partial charge in [0, 0.05) is 30.1 Å². The van der Waals surface area contributed by atoms with E-state index in [2.05, 4.69) is 28.2 Å². The number of halogens is 1. The Kier molecular flexibility index (Phi) is 4.18. The zero-order valence-electron chi connectivity index (χ0n) is 9.95. The predicted molar refractivity (Wildman–Crippen MR) is 72.1 cm³/mol. The van der Waals surface area contributed by atoms with E-state index in [1.54, 1.807) is 0 Å². The molecule has 1 N–H and O–H groups in total. The molecular formula is C13H17BrN2O. The van der Waals surface area contributed by atoms with E-state index < -0.39 is 0 Å². The molecule has 1 aromatic carbocycles. The first-order valence-corrected chi connectivity index (χ1v) is 6.75. The molecule has 92 valence electrons. The Balaban J connectivity index is 2.12. The normalized spacial score (nSPS) is 21.1. The first-order valence-electron chi connectivity index (χ1n) is 5.95. The maximum atomic E-state index is 12.3. The Morgan fingerprint density at radius 2 is 2.18 bits per heavy atom. The number of hydrogen-bond acceptors (Lipinski definition) is 2. The molecule has 1 aliphatic rings. The van der Waals surface area contributed by atoms with Crippen molar-refractivity contribution in [2.75, 3.05) is 19.6 Å². The second kappa shape index (κ2) is 5.65. The van der Waals surface area contributed by atoms with Crippen molar-refractivity contribution >= 4 is 21.8 Å². The minimum absolute atomic E-state index is 0.119. The first-order chi connectivity index (χ1) is 8.18. The van der Waals surface area contributed by atoms with Crippen LogP contribution in [0.4, 0.5) is 0 Å². The molecule has 0 aromatic heterocycles. The van der Waals surface area contributed by atoms with Crippen molar-refractivity contribution in [3.05, 3.63) is 34.3 Å². The zero-order valence-corrected chi connectivity index (χ0v) is 11.5. The van der Waals surface area contributed by atoms with Crippen LogP contribution in [-0.2, 0) is 0 Å². The summed E-state index contributed by atoms with van der Waals surface area (Å²) in [6.45, 7) is 4.64. The van der Waals surface area contributed by atoms with E-state index in [4.69, 9.17) is 0 Å². The van der Waals surface area contributed by atoms with Crippen LogP contribution >= 0.6 is 15.9 Å². The molecule has 1 amide bonds. The Bertz CT molecular complexity index is 408. The number of amides is 1. The second-order valence-electron chi connectivity index (χ2n) is 4.42. The molecule has 3 nitrogen and oxygen atoms in total. The number of benzene rings is 1. The van der Waals surface area contributed by atoms with Gasteiger partial charge in [-0.25, -0.2) is 0 Å². The van der Waals surface area contributed by atoms with E-state index in [0.717, 1.165) is 36.1 Å². The molecule has 1 heterocycles. The van der Waals surface area contributed by atoms with Gasteiger partial charge in [-0.1, -0.05) is 12.1 Å². The Labute approximate surface area is 110 Å². The van der Waals surface area contributed by atoms with E-state index in [0.29, 0.717) is 6.04 Å². The van der Waals surface area contributed by atoms with Crippen LogP contribution in [0.25, 0.3) is 0 Å². The fraction of sp³-hybridized carbons (Fsp3) is 0.462. The number of rotatable bonds is 1. The first kappa shape index (κ1) is 12.6. The van der Waals surface area contributed by atoms with Gasteiger partial charge in [-0.3, -0.25) is 4.79 Å². The van der Waals surface area contributed by atoms with Crippen molar-refractivity contribution < 1.29 is 4.79 Å². The van der Waals surface area contributed by atoms with Crippen LogP contribution in [0.5, 0.6) is 0 Å². The van der Waals surface area contributed by atoms with Gasteiger partial charge in [0.2, 0.25) is 0 Å². The third kappa shape index (κ3) is 3.07. The van der Waals surface area contributed by atoms with Gasteiger partial charge in [-0.15, -0.1) is 0 Å². The average Bonchev–Trinajstić information content (AvgIpc) is 2.54. The van der Waals surface area contributed by atoms with Crippen LogP contribution in [0.3, 0.4) is 0 Å². The lowest BCUT2D eigenvalue weighted by Crippen LogP contribution is -2.34. The molecule has 0 bridgehead atoms. The van der Waals surface area contributed by atoms with Crippen LogP contribution < -0.4 is 5.32 Å². The van der Waals surface area contributed by atoms with Gasteiger partial charge in [0.1, 0.15) is 0 Å². The number of carbonyl (C=O) groups is 1. The highest BCUT2D eigenvalue weighted by molar-refractivity contribution is 9.10. The van der Waals surface area contributed by atoms with Crippen LogP contribution in [-0.4, -0.2) is 36.5 Å². The lowest BCUT2D eigenvalue weighted by atomic mass is 10.2. The van der Waals surface area contributed by atoms with E-state index in [9.17, 15) is 4.79 Å². The number of carbonyl (C=O) groups excluding carboxylic acids is 1. The quantitative estimate of drug-likeness (QED) is 0.862. The van der Waals surface area contributed by atoms with Crippen LogP contribution in [0.2, 0.25) is 0 Å². The van der Waals surface area contributed by atoms with Crippen molar-refractivity contribution in [1.29, 1.82) is 0 Å². The summed E-state index contributed by atoms with van der Waals surface area (Å²) in [4.78, 5) is 14.3. The molecule has 1 aromatic rings. The molecule has 1 saturated heterocycles. The molecule has 1 unspecified atom stereocenters. The monoisotopic (exact) mass is 296 g/mol. The third-order valence-corrected chi connectivity index (χ3v) is 3.79. The minimum Gasteiger partial charge on any atom is -0.337 e. The highest BCUT2D eigenvalue weighted by Crippen LogP contribution is 2.18. The van der Waals surface area contributed by atoms with E-state index in [-0.39, 0.29) is 5.91 Å². The largest absolute Gasteiger partial charge is 0.337 e. The van der Waals surface area contributed by atoms with E-state index in [1.807, 2.05) is 29.2 Å². The highest BCUT2D eigenvalue weighted by atomic mass is 79.9. The SMILES string of the molecule is CC1CCN(C(=O)c2ccccc2Br)CCN1. The van der Waals surface area contributed by atoms with Crippen molar-refractivity contribution in [3.63, 3.8) is 0 Å². The lowest BCUT2D eigenvalue weighted by molar-refractivity contribution is 0.0764. The van der Waals surface area contributed by atoms with Crippen LogP contribution in [0.15, 0.2) is 28.7 Å². The maximum absolute atomic E-state index is 12.3. The van der Waals surface area contributed by atoms with E-state index >= 15 is 0 Å². The molecule has 1 fully saturated rings. The van der Waals surface area contributed by atoms with Gasteiger partial charge in [0.05, 0.1) is 5.56 Å². The number of hydrogen-bond donors (Lipinski definition) is 1. The van der Waals surface area contributed by atoms with Gasteiger partial charge in [-0.2, -0.15) is 0 Å². The van der Waals surface area contributed by atoms with Crippen LogP contribution in [0.1, 0.15) is 23.7 Å². The minimum atomic E-state index is 0.119. The molecular weight excluding hydrogens is 280 g/mol. The molecule has 0 radical (unpaired) electrons. The summed E-state index contributed by atoms with van der Waals surface area (Å²) in [5, 5.41) is 3.39. The standard InChI is InChI=1S/C13H17BrN2O/c1-10-6-8-16(9-7-15-10)13(17)11-4-2-3-5-12(11)14/h2-5,10,15H,6-9H2,1H3. The van der Waals surface area contributed by atoms with Gasteiger partial charge in [0.15, 0.2) is 0 Å². The number of nitrogens with zero attached hydrogens (tertiary/aromatic N) is 1. The van der Waals surface area contributed by atoms with Gasteiger partial charge in [-0.05, 0) is 41.4 Å². The summed E-state index contributed by atoms with van der Waals surface area (Å²) in [6, 6.07) is 8.09. The summed E-state index contributed by atoms with van der Waals surface area (Å²) in [5.74, 6) is 0.119. The Morgan fingerprint density at radius 3 is 2.94 bits per heavy atom. The van der Waals surface area contributed by atoms with Gasteiger partial charge < -0.3 is 10.2 Å². The van der Waals surface area contributed by atoms with Crippen LogP contribution in [0, 0.1) is 0 Å². The van der Waals surface area contributed by atoms with Crippen molar-refractivity contribution in [2.45, 2.75) is 19.4 Å². The molecule has 0 aliphatic carbocycles. The maximum Gasteiger partial charge on any atom is 0.255 e. The summed E-state index contributed by atoms with van der Waals surface area (Å²) in [5.41, 5.74) is 0.752. The van der Waals surface area contributed by atoms with Crippen molar-refractivity contribution in [2.24, 2.45) is 0 Å². The molecule has 1 aliphatic heterocycles. The molecule has 4 heteroatoms. The highest BCUT2D eigenvalue weighted by Gasteiger charge is 2.20. The van der Waals surface area contributed by atoms with Gasteiger partial charge >= 0.3 is 0 Å². The molecule has 2 rings (SSSR count). The van der Waals surface area contributed by atoms with Gasteiger partial charge in [0.25, 0.3) is 5.91 Å². The summed E-state index contributed by atoms with van der Waals surface area (Å²) < 4.78 is 0.871. The molecule has 17 heavy (non-hydrogen) atoms. The Hall–Kier alpha value is -0.870.